The van der Waals surface area contributed by atoms with Crippen LogP contribution in [0, 0.1) is 0 Å². The molecule has 13 heavy (non-hydrogen) atoms. The Balaban J connectivity index is 2.35. The van der Waals surface area contributed by atoms with Crippen molar-refractivity contribution in [2.75, 3.05) is 6.54 Å². The Labute approximate surface area is 78.7 Å². The van der Waals surface area contributed by atoms with E-state index in [-0.39, 0.29) is 6.04 Å². The number of rotatable bonds is 6. The normalized spacial score (nSPS) is 13.1. The van der Waals surface area contributed by atoms with E-state index in [4.69, 9.17) is 4.52 Å². The smallest absolute Gasteiger partial charge is 0.213 e. The second-order valence-corrected chi connectivity index (χ2v) is 3.06. The second kappa shape index (κ2) is 5.70. The summed E-state index contributed by atoms with van der Waals surface area (Å²) in [7, 11) is 0. The fourth-order valence-electron chi connectivity index (χ4n) is 1.20. The van der Waals surface area contributed by atoms with Gasteiger partial charge in [-0.3, -0.25) is 0 Å². The molecule has 0 radical (unpaired) electrons. The maximum atomic E-state index is 4.70. The van der Waals surface area contributed by atoms with Crippen LogP contribution in [0.3, 0.4) is 0 Å². The van der Waals surface area contributed by atoms with Gasteiger partial charge in [-0.2, -0.15) is 4.98 Å². The number of unbranched alkanes of at least 4 members (excludes halogenated alkanes) is 1. The lowest BCUT2D eigenvalue weighted by atomic mass is 10.2. The molecule has 4 heteroatoms. The predicted molar refractivity (Wildman–Crippen MR) is 50.2 cm³/mol. The van der Waals surface area contributed by atoms with E-state index >= 15 is 0 Å². The van der Waals surface area contributed by atoms with Crippen molar-refractivity contribution in [3.8, 4) is 0 Å². The fourth-order valence-corrected chi connectivity index (χ4v) is 1.20. The van der Waals surface area contributed by atoms with Crippen LogP contribution in [0.1, 0.15) is 45.0 Å². The monoisotopic (exact) mass is 183 g/mol. The zero-order chi connectivity index (χ0) is 9.52. The average molecular weight is 183 g/mol. The summed E-state index contributed by atoms with van der Waals surface area (Å²) in [6, 6.07) is 0.241. The van der Waals surface area contributed by atoms with Gasteiger partial charge in [-0.15, -0.1) is 0 Å². The Morgan fingerprint density at radius 2 is 2.38 bits per heavy atom. The molecule has 1 aromatic rings. The number of hydrogen-bond donors (Lipinski definition) is 1. The van der Waals surface area contributed by atoms with Crippen molar-refractivity contribution in [2.45, 2.75) is 39.2 Å². The molecule has 0 aliphatic heterocycles. The maximum Gasteiger partial charge on any atom is 0.213 e. The van der Waals surface area contributed by atoms with Gasteiger partial charge in [-0.1, -0.05) is 25.4 Å². The molecule has 0 saturated carbocycles. The summed E-state index contributed by atoms with van der Waals surface area (Å²) in [5.74, 6) is 0.763. The van der Waals surface area contributed by atoms with Gasteiger partial charge in [0.2, 0.25) is 6.39 Å². The van der Waals surface area contributed by atoms with Crippen molar-refractivity contribution in [1.82, 2.24) is 15.5 Å². The van der Waals surface area contributed by atoms with Gasteiger partial charge in [0.25, 0.3) is 0 Å². The highest BCUT2D eigenvalue weighted by Crippen LogP contribution is 2.10. The van der Waals surface area contributed by atoms with Crippen LogP contribution in [0.5, 0.6) is 0 Å². The molecule has 0 amide bonds. The molecule has 1 aromatic heterocycles. The number of nitrogens with zero attached hydrogens (tertiary/aromatic N) is 2. The number of hydrogen-bond acceptors (Lipinski definition) is 4. The predicted octanol–water partition coefficient (Wildman–Crippen LogP) is 1.91. The topological polar surface area (TPSA) is 51.0 Å². The van der Waals surface area contributed by atoms with Gasteiger partial charge >= 0.3 is 0 Å². The van der Waals surface area contributed by atoms with Crippen LogP contribution >= 0.6 is 0 Å². The molecule has 0 aliphatic rings. The Hall–Kier alpha value is -0.900. The van der Waals surface area contributed by atoms with Gasteiger partial charge in [0.1, 0.15) is 0 Å². The van der Waals surface area contributed by atoms with Gasteiger partial charge < -0.3 is 9.84 Å². The SMILES string of the molecule is CCCCN[C@@H](CC)c1ncon1. The Kier molecular flexibility index (Phi) is 4.46. The third kappa shape index (κ3) is 3.14. The zero-order valence-corrected chi connectivity index (χ0v) is 8.29. The van der Waals surface area contributed by atoms with Crippen LogP contribution in [-0.4, -0.2) is 16.7 Å². The molecule has 74 valence electrons. The molecule has 1 rings (SSSR count). The van der Waals surface area contributed by atoms with E-state index in [0.717, 1.165) is 18.8 Å². The quantitative estimate of drug-likeness (QED) is 0.684. The van der Waals surface area contributed by atoms with E-state index in [1.54, 1.807) is 0 Å². The molecule has 1 N–H and O–H groups in total. The highest BCUT2D eigenvalue weighted by Gasteiger charge is 2.11. The fraction of sp³-hybridized carbons (Fsp3) is 0.778. The summed E-state index contributed by atoms with van der Waals surface area (Å²) in [5.41, 5.74) is 0. The number of aromatic nitrogens is 2. The Morgan fingerprint density at radius 3 is 2.92 bits per heavy atom. The molecule has 0 spiro atoms. The first-order valence-corrected chi connectivity index (χ1v) is 4.88. The molecule has 0 aromatic carbocycles. The molecule has 0 saturated heterocycles. The van der Waals surface area contributed by atoms with Crippen LogP contribution < -0.4 is 5.32 Å². The second-order valence-electron chi connectivity index (χ2n) is 3.06. The van der Waals surface area contributed by atoms with Crippen molar-refractivity contribution < 1.29 is 4.52 Å². The standard InChI is InChI=1S/C9H17N3O/c1-3-5-6-10-8(4-2)9-11-7-13-12-9/h7-8,10H,3-6H2,1-2H3/t8-/m0/s1. The molecular formula is C9H17N3O. The first kappa shape index (κ1) is 10.2. The largest absolute Gasteiger partial charge is 0.343 e. The lowest BCUT2D eigenvalue weighted by molar-refractivity contribution is 0.391. The summed E-state index contributed by atoms with van der Waals surface area (Å²) in [6.07, 6.45) is 4.76. The minimum atomic E-state index is 0.241. The molecule has 4 nitrogen and oxygen atoms in total. The van der Waals surface area contributed by atoms with E-state index in [0.29, 0.717) is 0 Å². The van der Waals surface area contributed by atoms with E-state index in [1.165, 1.54) is 19.2 Å². The lowest BCUT2D eigenvalue weighted by Crippen LogP contribution is -2.22. The Morgan fingerprint density at radius 1 is 1.54 bits per heavy atom. The van der Waals surface area contributed by atoms with Crippen molar-refractivity contribution in [3.63, 3.8) is 0 Å². The average Bonchev–Trinajstić information content (AvgIpc) is 2.65. The summed E-state index contributed by atoms with van der Waals surface area (Å²) in [4.78, 5) is 4.03. The van der Waals surface area contributed by atoms with Crippen LogP contribution in [0.4, 0.5) is 0 Å². The minimum Gasteiger partial charge on any atom is -0.343 e. The maximum absolute atomic E-state index is 4.70. The minimum absolute atomic E-state index is 0.241. The molecular weight excluding hydrogens is 166 g/mol. The van der Waals surface area contributed by atoms with Crippen molar-refractivity contribution in [2.24, 2.45) is 0 Å². The van der Waals surface area contributed by atoms with E-state index < -0.39 is 0 Å². The van der Waals surface area contributed by atoms with Crippen LogP contribution in [0.25, 0.3) is 0 Å². The van der Waals surface area contributed by atoms with Gasteiger partial charge in [0.15, 0.2) is 5.82 Å². The highest BCUT2D eigenvalue weighted by molar-refractivity contribution is 4.88. The third-order valence-corrected chi connectivity index (χ3v) is 2.02. The molecule has 1 atom stereocenters. The van der Waals surface area contributed by atoms with Crippen LogP contribution in [-0.2, 0) is 0 Å². The summed E-state index contributed by atoms with van der Waals surface area (Å²) < 4.78 is 4.70. The lowest BCUT2D eigenvalue weighted by Gasteiger charge is -2.11. The van der Waals surface area contributed by atoms with Crippen molar-refractivity contribution in [3.05, 3.63) is 12.2 Å². The summed E-state index contributed by atoms with van der Waals surface area (Å²) in [6.45, 7) is 5.31. The molecule has 0 fully saturated rings. The molecule has 0 unspecified atom stereocenters. The number of nitrogens with one attached hydrogen (secondary N) is 1. The van der Waals surface area contributed by atoms with E-state index in [2.05, 4.69) is 29.3 Å². The third-order valence-electron chi connectivity index (χ3n) is 2.02. The van der Waals surface area contributed by atoms with E-state index in [9.17, 15) is 0 Å². The highest BCUT2D eigenvalue weighted by atomic mass is 16.5. The first-order valence-electron chi connectivity index (χ1n) is 4.88. The van der Waals surface area contributed by atoms with Gasteiger partial charge in [-0.05, 0) is 19.4 Å². The first-order chi connectivity index (χ1) is 6.38. The summed E-state index contributed by atoms with van der Waals surface area (Å²) in [5, 5.41) is 7.21. The van der Waals surface area contributed by atoms with E-state index in [1.807, 2.05) is 0 Å². The van der Waals surface area contributed by atoms with Crippen molar-refractivity contribution >= 4 is 0 Å². The van der Waals surface area contributed by atoms with Gasteiger partial charge in [0, 0.05) is 0 Å². The van der Waals surface area contributed by atoms with Crippen molar-refractivity contribution in [1.29, 1.82) is 0 Å². The van der Waals surface area contributed by atoms with Gasteiger partial charge in [0.05, 0.1) is 6.04 Å². The molecule has 1 heterocycles. The molecule has 0 bridgehead atoms. The van der Waals surface area contributed by atoms with Gasteiger partial charge in [-0.25, -0.2) is 0 Å². The summed E-state index contributed by atoms with van der Waals surface area (Å²) >= 11 is 0. The molecule has 0 aliphatic carbocycles. The van der Waals surface area contributed by atoms with Crippen LogP contribution in [0.2, 0.25) is 0 Å². The van der Waals surface area contributed by atoms with Crippen LogP contribution in [0.15, 0.2) is 10.9 Å². The zero-order valence-electron chi connectivity index (χ0n) is 8.29. The Bertz CT molecular complexity index is 211.